The van der Waals surface area contributed by atoms with Crippen LogP contribution in [0, 0.1) is 0 Å². The molecule has 2 rings (SSSR count). The van der Waals surface area contributed by atoms with Crippen LogP contribution in [0.1, 0.15) is 16.5 Å². The number of halogens is 1. The summed E-state index contributed by atoms with van der Waals surface area (Å²) in [6.07, 6.45) is -0.307. The molecule has 1 heterocycles. The van der Waals surface area contributed by atoms with Crippen molar-refractivity contribution in [1.29, 1.82) is 0 Å². The van der Waals surface area contributed by atoms with Crippen molar-refractivity contribution in [2.45, 2.75) is 12.5 Å². The second-order valence-electron chi connectivity index (χ2n) is 4.14. The summed E-state index contributed by atoms with van der Waals surface area (Å²) < 4.78 is 0.991. The summed E-state index contributed by atoms with van der Waals surface area (Å²) in [4.78, 5) is 12.6. The van der Waals surface area contributed by atoms with E-state index in [-0.39, 0.29) is 12.5 Å². The molecular weight excluding hydrogens is 326 g/mol. The Hall–Kier alpha value is -1.17. The van der Waals surface area contributed by atoms with Crippen molar-refractivity contribution in [2.75, 3.05) is 6.54 Å². The quantitative estimate of drug-likeness (QED) is 0.879. The van der Waals surface area contributed by atoms with Gasteiger partial charge in [0.25, 0.3) is 0 Å². The van der Waals surface area contributed by atoms with Crippen molar-refractivity contribution >= 4 is 33.2 Å². The molecule has 0 saturated heterocycles. The van der Waals surface area contributed by atoms with Gasteiger partial charge < -0.3 is 10.4 Å². The van der Waals surface area contributed by atoms with E-state index in [1.807, 2.05) is 41.8 Å². The van der Waals surface area contributed by atoms with E-state index in [0.29, 0.717) is 6.42 Å². The molecule has 0 spiro atoms. The van der Waals surface area contributed by atoms with E-state index in [1.165, 1.54) is 11.3 Å². The van der Waals surface area contributed by atoms with Crippen molar-refractivity contribution in [3.8, 4) is 0 Å². The van der Waals surface area contributed by atoms with Crippen LogP contribution in [-0.4, -0.2) is 17.6 Å². The number of thiophene rings is 1. The molecule has 1 aromatic carbocycles. The van der Waals surface area contributed by atoms with Gasteiger partial charge in [-0.2, -0.15) is 0 Å². The number of benzene rings is 1. The molecule has 2 N–H and O–H groups in total. The maximum atomic E-state index is 11.7. The predicted octanol–water partition coefficient (Wildman–Crippen LogP) is 2.90. The molecule has 0 aliphatic carbocycles. The molecule has 0 saturated carbocycles. The topological polar surface area (TPSA) is 49.3 Å². The number of amides is 1. The lowest BCUT2D eigenvalue weighted by Gasteiger charge is -2.10. The van der Waals surface area contributed by atoms with Crippen LogP contribution in [0.15, 0.2) is 46.3 Å². The first-order valence-electron chi connectivity index (χ1n) is 5.88. The molecule has 100 valence electrons. The maximum absolute atomic E-state index is 11.7. The standard InChI is InChI=1S/C14H14BrNO2S/c15-11-5-3-10(4-6-11)8-14(18)16-9-12(17)13-2-1-7-19-13/h1-7,12,17H,8-9H2,(H,16,18). The average molecular weight is 340 g/mol. The van der Waals surface area contributed by atoms with Crippen LogP contribution in [0.5, 0.6) is 0 Å². The summed E-state index contributed by atoms with van der Waals surface area (Å²) in [5.41, 5.74) is 0.950. The minimum Gasteiger partial charge on any atom is -0.386 e. The molecule has 0 aliphatic rings. The highest BCUT2D eigenvalue weighted by molar-refractivity contribution is 9.10. The summed E-state index contributed by atoms with van der Waals surface area (Å²) >= 11 is 4.83. The lowest BCUT2D eigenvalue weighted by atomic mass is 10.1. The maximum Gasteiger partial charge on any atom is 0.224 e. The third-order valence-corrected chi connectivity index (χ3v) is 4.14. The predicted molar refractivity (Wildman–Crippen MR) is 80.1 cm³/mol. The zero-order valence-corrected chi connectivity index (χ0v) is 12.6. The minimum absolute atomic E-state index is 0.0853. The van der Waals surface area contributed by atoms with E-state index >= 15 is 0 Å². The largest absolute Gasteiger partial charge is 0.386 e. The number of hydrogen-bond acceptors (Lipinski definition) is 3. The van der Waals surface area contributed by atoms with Crippen molar-refractivity contribution in [2.24, 2.45) is 0 Å². The summed E-state index contributed by atoms with van der Waals surface area (Å²) in [7, 11) is 0. The number of nitrogens with one attached hydrogen (secondary N) is 1. The highest BCUT2D eigenvalue weighted by Gasteiger charge is 2.10. The monoisotopic (exact) mass is 339 g/mol. The molecule has 0 fully saturated rings. The van der Waals surface area contributed by atoms with Crippen LogP contribution < -0.4 is 5.32 Å². The van der Waals surface area contributed by atoms with Crippen LogP contribution in [0.3, 0.4) is 0 Å². The summed E-state index contributed by atoms with van der Waals surface area (Å²) in [5, 5.41) is 14.5. The fourth-order valence-electron chi connectivity index (χ4n) is 1.64. The number of rotatable bonds is 5. The molecule has 5 heteroatoms. The highest BCUT2D eigenvalue weighted by atomic mass is 79.9. The third-order valence-electron chi connectivity index (χ3n) is 2.64. The molecule has 0 aliphatic heterocycles. The Morgan fingerprint density at radius 2 is 2.05 bits per heavy atom. The van der Waals surface area contributed by atoms with Gasteiger partial charge in [0.05, 0.1) is 6.42 Å². The van der Waals surface area contributed by atoms with Crippen molar-refractivity contribution in [1.82, 2.24) is 5.32 Å². The van der Waals surface area contributed by atoms with Crippen molar-refractivity contribution in [3.05, 3.63) is 56.7 Å². The molecule has 1 atom stereocenters. The molecule has 1 aromatic heterocycles. The molecular formula is C14H14BrNO2S. The smallest absolute Gasteiger partial charge is 0.224 e. The number of carbonyl (C=O) groups excluding carboxylic acids is 1. The van der Waals surface area contributed by atoms with Crippen LogP contribution in [0.2, 0.25) is 0 Å². The lowest BCUT2D eigenvalue weighted by Crippen LogP contribution is -2.29. The van der Waals surface area contributed by atoms with Gasteiger partial charge in [-0.05, 0) is 29.1 Å². The molecule has 1 amide bonds. The molecule has 0 bridgehead atoms. The van der Waals surface area contributed by atoms with Gasteiger partial charge in [0.2, 0.25) is 5.91 Å². The van der Waals surface area contributed by atoms with E-state index < -0.39 is 6.10 Å². The summed E-state index contributed by atoms with van der Waals surface area (Å²) in [5.74, 6) is -0.0853. The van der Waals surface area contributed by atoms with E-state index in [9.17, 15) is 9.90 Å². The van der Waals surface area contributed by atoms with E-state index in [2.05, 4.69) is 21.2 Å². The Kier molecular flexibility index (Phi) is 5.13. The van der Waals surface area contributed by atoms with Crippen LogP contribution in [-0.2, 0) is 11.2 Å². The molecule has 1 unspecified atom stereocenters. The molecule has 2 aromatic rings. The third kappa shape index (κ3) is 4.45. The number of hydrogen-bond donors (Lipinski definition) is 2. The Morgan fingerprint density at radius 3 is 2.68 bits per heavy atom. The van der Waals surface area contributed by atoms with Gasteiger partial charge in [0.15, 0.2) is 0 Å². The molecule has 3 nitrogen and oxygen atoms in total. The van der Waals surface area contributed by atoms with Gasteiger partial charge in [-0.1, -0.05) is 34.1 Å². The van der Waals surface area contributed by atoms with E-state index in [1.54, 1.807) is 0 Å². The fraction of sp³-hybridized carbons (Fsp3) is 0.214. The second kappa shape index (κ2) is 6.84. The highest BCUT2D eigenvalue weighted by Crippen LogP contribution is 2.17. The van der Waals surface area contributed by atoms with Crippen LogP contribution >= 0.6 is 27.3 Å². The SMILES string of the molecule is O=C(Cc1ccc(Br)cc1)NCC(O)c1cccs1. The molecule has 19 heavy (non-hydrogen) atoms. The lowest BCUT2D eigenvalue weighted by molar-refractivity contribution is -0.120. The number of aliphatic hydroxyl groups excluding tert-OH is 1. The number of carbonyl (C=O) groups is 1. The van der Waals surface area contributed by atoms with E-state index in [4.69, 9.17) is 0 Å². The fourth-order valence-corrected chi connectivity index (χ4v) is 2.62. The van der Waals surface area contributed by atoms with Gasteiger partial charge in [-0.25, -0.2) is 0 Å². The minimum atomic E-state index is -0.631. The van der Waals surface area contributed by atoms with Gasteiger partial charge in [0, 0.05) is 15.9 Å². The zero-order valence-electron chi connectivity index (χ0n) is 10.2. The number of aliphatic hydroxyl groups is 1. The first-order valence-corrected chi connectivity index (χ1v) is 7.55. The van der Waals surface area contributed by atoms with Crippen LogP contribution in [0.25, 0.3) is 0 Å². The zero-order chi connectivity index (χ0) is 13.7. The first-order chi connectivity index (χ1) is 9.15. The van der Waals surface area contributed by atoms with E-state index in [0.717, 1.165) is 14.9 Å². The van der Waals surface area contributed by atoms with Gasteiger partial charge in [-0.15, -0.1) is 11.3 Å². The van der Waals surface area contributed by atoms with Gasteiger partial charge in [0.1, 0.15) is 6.10 Å². The summed E-state index contributed by atoms with van der Waals surface area (Å²) in [6.45, 7) is 0.246. The van der Waals surface area contributed by atoms with Gasteiger partial charge in [-0.3, -0.25) is 4.79 Å². The summed E-state index contributed by atoms with van der Waals surface area (Å²) in [6, 6.07) is 11.4. The van der Waals surface area contributed by atoms with Crippen molar-refractivity contribution in [3.63, 3.8) is 0 Å². The Balaban J connectivity index is 1.80. The Labute approximate surface area is 124 Å². The average Bonchev–Trinajstić information content (AvgIpc) is 2.93. The van der Waals surface area contributed by atoms with Crippen molar-refractivity contribution < 1.29 is 9.90 Å². The van der Waals surface area contributed by atoms with Gasteiger partial charge >= 0.3 is 0 Å². The Morgan fingerprint density at radius 1 is 1.32 bits per heavy atom. The normalized spacial score (nSPS) is 12.1. The Bertz CT molecular complexity index is 525. The molecule has 0 radical (unpaired) electrons. The second-order valence-corrected chi connectivity index (χ2v) is 6.03. The van der Waals surface area contributed by atoms with Crippen LogP contribution in [0.4, 0.5) is 0 Å². The first kappa shape index (κ1) is 14.2.